The van der Waals surface area contributed by atoms with E-state index in [0.29, 0.717) is 0 Å². The summed E-state index contributed by atoms with van der Waals surface area (Å²) in [5.41, 5.74) is 5.88. The molecule has 1 saturated carbocycles. The van der Waals surface area contributed by atoms with Gasteiger partial charge >= 0.3 is 0 Å². The maximum Gasteiger partial charge on any atom is 0.187 e. The van der Waals surface area contributed by atoms with Gasteiger partial charge in [0.05, 0.1) is 5.25 Å². The Kier molecular flexibility index (Phi) is 3.46. The molecular weight excluding hydrogens is 308 g/mol. The van der Waals surface area contributed by atoms with Gasteiger partial charge in [0.2, 0.25) is 0 Å². The number of aromatic nitrogens is 1. The quantitative estimate of drug-likeness (QED) is 0.897. The molecule has 1 aromatic rings. The zero-order valence-corrected chi connectivity index (χ0v) is 14.3. The summed E-state index contributed by atoms with van der Waals surface area (Å²) in [4.78, 5) is 4.70. The fourth-order valence-electron chi connectivity index (χ4n) is 2.71. The van der Waals surface area contributed by atoms with Crippen LogP contribution in [0.2, 0.25) is 0 Å². The van der Waals surface area contributed by atoms with E-state index in [9.17, 15) is 8.42 Å². The molecule has 2 heterocycles. The normalized spacial score (nSPS) is 23.5. The first-order chi connectivity index (χ1) is 9.73. The summed E-state index contributed by atoms with van der Waals surface area (Å²) in [7, 11) is -1.22. The number of piperazine rings is 1. The molecule has 0 radical (unpaired) electrons. The molecule has 8 heteroatoms. The molecule has 0 unspecified atom stereocenters. The second-order valence-corrected chi connectivity index (χ2v) is 9.52. The Hall–Kier alpha value is -0.860. The number of rotatable bonds is 3. The Labute approximate surface area is 130 Å². The zero-order valence-electron chi connectivity index (χ0n) is 12.7. The van der Waals surface area contributed by atoms with Gasteiger partial charge in [0, 0.05) is 25.2 Å². The highest BCUT2D eigenvalue weighted by molar-refractivity contribution is 7.92. The Morgan fingerprint density at radius 1 is 1.33 bits per heavy atom. The van der Waals surface area contributed by atoms with Crippen molar-refractivity contribution in [1.29, 1.82) is 0 Å². The van der Waals surface area contributed by atoms with Crippen LogP contribution in [0.3, 0.4) is 0 Å². The summed E-state index contributed by atoms with van der Waals surface area (Å²) < 4.78 is 29.4. The molecule has 1 aliphatic heterocycles. The first-order valence-electron chi connectivity index (χ1n) is 7.19. The van der Waals surface area contributed by atoms with Gasteiger partial charge in [-0.25, -0.2) is 8.42 Å². The average Bonchev–Trinajstić information content (AvgIpc) is 3.16. The third-order valence-corrected chi connectivity index (χ3v) is 7.88. The Balaban J connectivity index is 1.97. The second-order valence-electron chi connectivity index (χ2n) is 6.60. The number of anilines is 2. The number of nitrogen functional groups attached to an aromatic ring is 1. The van der Waals surface area contributed by atoms with E-state index >= 15 is 0 Å². The predicted molar refractivity (Wildman–Crippen MR) is 85.7 cm³/mol. The van der Waals surface area contributed by atoms with Gasteiger partial charge < -0.3 is 10.6 Å². The second kappa shape index (κ2) is 4.82. The molecule has 0 spiro atoms. The maximum atomic E-state index is 12.6. The topological polar surface area (TPSA) is 79.5 Å². The van der Waals surface area contributed by atoms with E-state index in [2.05, 4.69) is 35.1 Å². The molecule has 21 heavy (non-hydrogen) atoms. The Bertz CT molecular complexity index is 649. The summed E-state index contributed by atoms with van der Waals surface area (Å²) in [6, 6.07) is 0. The lowest BCUT2D eigenvalue weighted by molar-refractivity contribution is 0.139. The van der Waals surface area contributed by atoms with Crippen LogP contribution in [0.5, 0.6) is 0 Å². The molecule has 1 saturated heterocycles. The van der Waals surface area contributed by atoms with Crippen molar-refractivity contribution in [2.45, 2.75) is 42.4 Å². The molecule has 2 aliphatic rings. The smallest absolute Gasteiger partial charge is 0.187 e. The van der Waals surface area contributed by atoms with Crippen LogP contribution in [0, 0.1) is 0 Å². The summed E-state index contributed by atoms with van der Waals surface area (Å²) >= 11 is 1.21. The van der Waals surface area contributed by atoms with Crippen LogP contribution in [0.15, 0.2) is 4.90 Å². The van der Waals surface area contributed by atoms with Crippen molar-refractivity contribution in [3.05, 3.63) is 0 Å². The van der Waals surface area contributed by atoms with E-state index in [1.807, 2.05) is 0 Å². The van der Waals surface area contributed by atoms with E-state index in [4.69, 9.17) is 5.73 Å². The van der Waals surface area contributed by atoms with Crippen LogP contribution in [-0.2, 0) is 9.84 Å². The van der Waals surface area contributed by atoms with Crippen LogP contribution < -0.4 is 10.6 Å². The van der Waals surface area contributed by atoms with Crippen molar-refractivity contribution < 1.29 is 8.42 Å². The van der Waals surface area contributed by atoms with Crippen LogP contribution in [-0.4, -0.2) is 55.2 Å². The molecule has 118 valence electrons. The highest BCUT2D eigenvalue weighted by atomic mass is 32.2. The molecular formula is C13H22N4O2S2. The zero-order chi connectivity index (χ0) is 15.4. The average molecular weight is 330 g/mol. The van der Waals surface area contributed by atoms with Crippen molar-refractivity contribution in [3.63, 3.8) is 0 Å². The van der Waals surface area contributed by atoms with Crippen molar-refractivity contribution in [3.8, 4) is 0 Å². The minimum Gasteiger partial charge on any atom is -0.382 e. The minimum atomic E-state index is -3.32. The molecule has 6 nitrogen and oxygen atoms in total. The Morgan fingerprint density at radius 2 is 2.00 bits per heavy atom. The molecule has 1 aromatic heterocycles. The van der Waals surface area contributed by atoms with Crippen LogP contribution in [0.4, 0.5) is 10.8 Å². The third-order valence-electron chi connectivity index (χ3n) is 4.51. The summed E-state index contributed by atoms with van der Waals surface area (Å²) in [5, 5.41) is 0.469. The van der Waals surface area contributed by atoms with Gasteiger partial charge in [-0.1, -0.05) is 0 Å². The molecule has 0 amide bonds. The minimum absolute atomic E-state index is 0.00237. The highest BCUT2D eigenvalue weighted by Gasteiger charge is 2.42. The van der Waals surface area contributed by atoms with Crippen molar-refractivity contribution in [2.24, 2.45) is 0 Å². The fraction of sp³-hybridized carbons (Fsp3) is 0.769. The number of likely N-dealkylation sites (N-methyl/N-ethyl adjacent to an activating group) is 1. The van der Waals surface area contributed by atoms with Crippen molar-refractivity contribution >= 4 is 32.2 Å². The van der Waals surface area contributed by atoms with Gasteiger partial charge in [0.15, 0.2) is 15.7 Å². The lowest BCUT2D eigenvalue weighted by atomic mass is 10.00. The third kappa shape index (κ3) is 2.53. The van der Waals surface area contributed by atoms with Crippen LogP contribution >= 0.6 is 11.5 Å². The maximum absolute atomic E-state index is 12.6. The first-order valence-corrected chi connectivity index (χ1v) is 9.51. The lowest BCUT2D eigenvalue weighted by Gasteiger charge is -2.45. The van der Waals surface area contributed by atoms with Crippen LogP contribution in [0.25, 0.3) is 0 Å². The first kappa shape index (κ1) is 15.1. The van der Waals surface area contributed by atoms with E-state index < -0.39 is 9.84 Å². The summed E-state index contributed by atoms with van der Waals surface area (Å²) in [5.74, 6) is 0.165. The predicted octanol–water partition coefficient (Wildman–Crippen LogP) is 1.19. The Morgan fingerprint density at radius 3 is 2.57 bits per heavy atom. The van der Waals surface area contributed by atoms with Crippen molar-refractivity contribution in [2.75, 3.05) is 37.3 Å². The SMILES string of the molecule is CN1CCN(c2snc(N)c2S(=O)(=O)C2CC2)CC1(C)C. The molecule has 2 fully saturated rings. The number of hydrogen-bond acceptors (Lipinski definition) is 7. The highest BCUT2D eigenvalue weighted by Crippen LogP contribution is 2.43. The standard InChI is InChI=1S/C13H22N4O2S2/c1-13(2)8-17(7-6-16(13)3)12-10(11(14)15-20-12)21(18,19)9-4-5-9/h9H,4-8H2,1-3H3,(H2,14,15). The van der Waals surface area contributed by atoms with E-state index in [1.54, 1.807) is 0 Å². The molecule has 1 aliphatic carbocycles. The summed E-state index contributed by atoms with van der Waals surface area (Å²) in [6.07, 6.45) is 1.48. The molecule has 0 bridgehead atoms. The van der Waals surface area contributed by atoms with Gasteiger partial charge in [0.25, 0.3) is 0 Å². The number of sulfone groups is 1. The van der Waals surface area contributed by atoms with Crippen molar-refractivity contribution in [1.82, 2.24) is 9.27 Å². The lowest BCUT2D eigenvalue weighted by Crippen LogP contribution is -2.57. The number of nitrogens with zero attached hydrogens (tertiary/aromatic N) is 3. The summed E-state index contributed by atoms with van der Waals surface area (Å²) in [6.45, 7) is 6.80. The molecule has 0 atom stereocenters. The fourth-order valence-corrected chi connectivity index (χ4v) is 5.76. The van der Waals surface area contributed by atoms with E-state index in [-0.39, 0.29) is 21.5 Å². The monoisotopic (exact) mass is 330 g/mol. The number of nitrogens with two attached hydrogens (primary N) is 1. The van der Waals surface area contributed by atoms with Gasteiger partial charge in [-0.15, -0.1) is 0 Å². The van der Waals surface area contributed by atoms with Gasteiger partial charge in [-0.05, 0) is 45.3 Å². The number of hydrogen-bond donors (Lipinski definition) is 1. The molecule has 2 N–H and O–H groups in total. The van der Waals surface area contributed by atoms with E-state index in [1.165, 1.54) is 11.5 Å². The van der Waals surface area contributed by atoms with Gasteiger partial charge in [0.1, 0.15) is 9.90 Å². The van der Waals surface area contributed by atoms with Gasteiger partial charge in [-0.3, -0.25) is 4.90 Å². The molecule has 3 rings (SSSR count). The van der Waals surface area contributed by atoms with E-state index in [0.717, 1.165) is 37.5 Å². The largest absolute Gasteiger partial charge is 0.382 e. The van der Waals surface area contributed by atoms with Gasteiger partial charge in [-0.2, -0.15) is 4.37 Å². The molecule has 0 aromatic carbocycles. The van der Waals surface area contributed by atoms with Crippen LogP contribution in [0.1, 0.15) is 26.7 Å².